The molecular formula is C20H18FN3O3S. The predicted molar refractivity (Wildman–Crippen MR) is 107 cm³/mol. The Hall–Kier alpha value is -3.26. The highest BCUT2D eigenvalue weighted by Gasteiger charge is 2.12. The van der Waals surface area contributed by atoms with E-state index in [9.17, 15) is 14.0 Å². The number of carbonyl (C=O) groups is 2. The summed E-state index contributed by atoms with van der Waals surface area (Å²) < 4.78 is 18.8. The van der Waals surface area contributed by atoms with Gasteiger partial charge in [0.2, 0.25) is 5.91 Å². The van der Waals surface area contributed by atoms with Crippen LogP contribution in [0.25, 0.3) is 11.3 Å². The first-order valence-corrected chi connectivity index (χ1v) is 9.39. The molecule has 1 heterocycles. The van der Waals surface area contributed by atoms with Crippen molar-refractivity contribution in [2.45, 2.75) is 13.3 Å². The highest BCUT2D eigenvalue weighted by atomic mass is 32.1. The Morgan fingerprint density at radius 1 is 1.18 bits per heavy atom. The van der Waals surface area contributed by atoms with Gasteiger partial charge in [0.05, 0.1) is 12.8 Å². The summed E-state index contributed by atoms with van der Waals surface area (Å²) in [5.41, 5.74) is 2.07. The van der Waals surface area contributed by atoms with Gasteiger partial charge in [-0.1, -0.05) is 13.0 Å². The summed E-state index contributed by atoms with van der Waals surface area (Å²) >= 11 is 1.24. The third kappa shape index (κ3) is 4.52. The average Bonchev–Trinajstić information content (AvgIpc) is 3.16. The molecule has 0 saturated heterocycles. The first kappa shape index (κ1) is 19.5. The van der Waals surface area contributed by atoms with Crippen LogP contribution in [0.15, 0.2) is 47.8 Å². The molecule has 0 aliphatic carbocycles. The molecular weight excluding hydrogens is 381 g/mol. The van der Waals surface area contributed by atoms with Gasteiger partial charge in [-0.2, -0.15) is 0 Å². The first-order valence-electron chi connectivity index (χ1n) is 8.51. The normalized spacial score (nSPS) is 10.4. The van der Waals surface area contributed by atoms with Gasteiger partial charge in [-0.3, -0.25) is 14.9 Å². The molecule has 0 spiro atoms. The van der Waals surface area contributed by atoms with E-state index in [0.29, 0.717) is 34.1 Å². The largest absolute Gasteiger partial charge is 0.494 e. The molecule has 0 unspecified atom stereocenters. The first-order chi connectivity index (χ1) is 13.5. The maximum atomic E-state index is 13.9. The van der Waals surface area contributed by atoms with Crippen LogP contribution in [-0.2, 0) is 4.79 Å². The molecule has 6 nitrogen and oxygen atoms in total. The monoisotopic (exact) mass is 399 g/mol. The summed E-state index contributed by atoms with van der Waals surface area (Å²) in [6, 6.07) is 11.2. The zero-order valence-corrected chi connectivity index (χ0v) is 16.1. The van der Waals surface area contributed by atoms with Crippen LogP contribution in [0.5, 0.6) is 5.75 Å². The van der Waals surface area contributed by atoms with Gasteiger partial charge >= 0.3 is 0 Å². The number of nitrogens with one attached hydrogen (secondary N) is 2. The van der Waals surface area contributed by atoms with Crippen molar-refractivity contribution in [3.8, 4) is 17.0 Å². The van der Waals surface area contributed by atoms with Gasteiger partial charge in [0, 0.05) is 28.6 Å². The molecule has 0 aliphatic rings. The predicted octanol–water partition coefficient (Wildman–Crippen LogP) is 4.56. The van der Waals surface area contributed by atoms with E-state index in [4.69, 9.17) is 4.74 Å². The molecule has 8 heteroatoms. The molecule has 1 aromatic heterocycles. The number of benzene rings is 2. The van der Waals surface area contributed by atoms with Crippen molar-refractivity contribution in [3.05, 3.63) is 59.2 Å². The second-order valence-corrected chi connectivity index (χ2v) is 6.68. The summed E-state index contributed by atoms with van der Waals surface area (Å²) in [4.78, 5) is 28.3. The van der Waals surface area contributed by atoms with Gasteiger partial charge < -0.3 is 10.1 Å². The number of halogens is 1. The number of methoxy groups -OCH3 is 1. The fourth-order valence-corrected chi connectivity index (χ4v) is 3.16. The molecule has 0 radical (unpaired) electrons. The molecule has 3 rings (SSSR count). The Labute approximate surface area is 165 Å². The summed E-state index contributed by atoms with van der Waals surface area (Å²) in [5.74, 6) is -0.810. The quantitative estimate of drug-likeness (QED) is 0.637. The van der Waals surface area contributed by atoms with E-state index in [1.807, 2.05) is 0 Å². The number of carbonyl (C=O) groups excluding carboxylic acids is 2. The molecule has 2 amide bonds. The van der Waals surface area contributed by atoms with Crippen LogP contribution < -0.4 is 15.4 Å². The fraction of sp³-hybridized carbons (Fsp3) is 0.150. The topological polar surface area (TPSA) is 80.3 Å². The minimum atomic E-state index is -0.482. The van der Waals surface area contributed by atoms with E-state index in [1.54, 1.807) is 42.6 Å². The van der Waals surface area contributed by atoms with E-state index in [2.05, 4.69) is 15.6 Å². The summed E-state index contributed by atoms with van der Waals surface area (Å²) in [6.07, 6.45) is 0.351. The van der Waals surface area contributed by atoms with Crippen LogP contribution in [0.1, 0.15) is 23.7 Å². The van der Waals surface area contributed by atoms with Gasteiger partial charge in [-0.05, 0) is 36.4 Å². The molecule has 144 valence electrons. The summed E-state index contributed by atoms with van der Waals surface area (Å²) in [6.45, 7) is 1.75. The lowest BCUT2D eigenvalue weighted by molar-refractivity contribution is -0.115. The second kappa shape index (κ2) is 8.62. The number of hydrogen-bond acceptors (Lipinski definition) is 5. The van der Waals surface area contributed by atoms with Crippen molar-refractivity contribution >= 4 is 34.0 Å². The SMILES string of the molecule is CCC(=O)Nc1cccc(C(=O)Nc2nc(-c3ccc(OC)c(F)c3)cs2)c1. The van der Waals surface area contributed by atoms with Gasteiger partial charge in [0.25, 0.3) is 5.91 Å². The standard InChI is InChI=1S/C20H18FN3O3S/c1-3-18(25)22-14-6-4-5-13(9-14)19(26)24-20-23-16(11-28-20)12-7-8-17(27-2)15(21)10-12/h4-11H,3H2,1-2H3,(H,22,25)(H,23,24,26). The van der Waals surface area contributed by atoms with E-state index in [-0.39, 0.29) is 17.6 Å². The van der Waals surface area contributed by atoms with Crippen LogP contribution in [0.4, 0.5) is 15.2 Å². The highest BCUT2D eigenvalue weighted by molar-refractivity contribution is 7.14. The van der Waals surface area contributed by atoms with E-state index < -0.39 is 5.82 Å². The Kier molecular flexibility index (Phi) is 6.00. The zero-order valence-electron chi connectivity index (χ0n) is 15.3. The van der Waals surface area contributed by atoms with Crippen molar-refractivity contribution in [2.24, 2.45) is 0 Å². The van der Waals surface area contributed by atoms with Crippen LogP contribution in [0.2, 0.25) is 0 Å². The van der Waals surface area contributed by atoms with Crippen molar-refractivity contribution in [2.75, 3.05) is 17.7 Å². The highest BCUT2D eigenvalue weighted by Crippen LogP contribution is 2.28. The van der Waals surface area contributed by atoms with Crippen molar-refractivity contribution in [1.29, 1.82) is 0 Å². The fourth-order valence-electron chi connectivity index (χ4n) is 2.45. The van der Waals surface area contributed by atoms with Gasteiger partial charge in [0.15, 0.2) is 16.7 Å². The Morgan fingerprint density at radius 2 is 2.00 bits per heavy atom. The van der Waals surface area contributed by atoms with Gasteiger partial charge in [0.1, 0.15) is 0 Å². The molecule has 2 N–H and O–H groups in total. The number of ether oxygens (including phenoxy) is 1. The van der Waals surface area contributed by atoms with Crippen LogP contribution in [-0.4, -0.2) is 23.9 Å². The van der Waals surface area contributed by atoms with Crippen molar-refractivity contribution in [1.82, 2.24) is 4.98 Å². The number of aromatic nitrogens is 1. The molecule has 0 fully saturated rings. The van der Waals surface area contributed by atoms with Gasteiger partial charge in [-0.25, -0.2) is 9.37 Å². The van der Waals surface area contributed by atoms with Crippen LogP contribution >= 0.6 is 11.3 Å². The average molecular weight is 399 g/mol. The molecule has 0 atom stereocenters. The maximum Gasteiger partial charge on any atom is 0.257 e. The van der Waals surface area contributed by atoms with Crippen molar-refractivity contribution < 1.29 is 18.7 Å². The lowest BCUT2D eigenvalue weighted by Gasteiger charge is -2.06. The third-order valence-corrected chi connectivity index (χ3v) is 4.66. The summed E-state index contributed by atoms with van der Waals surface area (Å²) in [5, 5.41) is 7.55. The van der Waals surface area contributed by atoms with Crippen LogP contribution in [0, 0.1) is 5.82 Å². The molecule has 0 bridgehead atoms. The maximum absolute atomic E-state index is 13.9. The third-order valence-electron chi connectivity index (χ3n) is 3.90. The molecule has 3 aromatic rings. The number of thiazole rings is 1. The van der Waals surface area contributed by atoms with E-state index in [1.165, 1.54) is 30.6 Å². The smallest absolute Gasteiger partial charge is 0.257 e. The Bertz CT molecular complexity index is 1020. The molecule has 0 saturated carbocycles. The minimum Gasteiger partial charge on any atom is -0.494 e. The number of amides is 2. The zero-order chi connectivity index (χ0) is 20.1. The Balaban J connectivity index is 1.73. The van der Waals surface area contributed by atoms with E-state index >= 15 is 0 Å². The lowest BCUT2D eigenvalue weighted by atomic mass is 10.1. The molecule has 28 heavy (non-hydrogen) atoms. The summed E-state index contributed by atoms with van der Waals surface area (Å²) in [7, 11) is 1.40. The Morgan fingerprint density at radius 3 is 2.71 bits per heavy atom. The molecule has 2 aromatic carbocycles. The van der Waals surface area contributed by atoms with Crippen LogP contribution in [0.3, 0.4) is 0 Å². The van der Waals surface area contributed by atoms with E-state index in [0.717, 1.165) is 0 Å². The molecule has 0 aliphatic heterocycles. The number of hydrogen-bond donors (Lipinski definition) is 2. The van der Waals surface area contributed by atoms with Gasteiger partial charge in [-0.15, -0.1) is 11.3 Å². The number of anilines is 2. The lowest BCUT2D eigenvalue weighted by Crippen LogP contribution is -2.13. The van der Waals surface area contributed by atoms with Crippen molar-refractivity contribution in [3.63, 3.8) is 0 Å². The minimum absolute atomic E-state index is 0.131. The number of nitrogens with zero attached hydrogens (tertiary/aromatic N) is 1. The second-order valence-electron chi connectivity index (χ2n) is 5.82. The number of rotatable bonds is 6.